The number of hydrogen-bond donors (Lipinski definition) is 4. The first-order chi connectivity index (χ1) is 8.84. The summed E-state index contributed by atoms with van der Waals surface area (Å²) in [5, 5.41) is 37.6. The predicted molar refractivity (Wildman–Crippen MR) is 58.4 cm³/mol. The highest BCUT2D eigenvalue weighted by Gasteiger charge is 2.27. The Labute approximate surface area is 104 Å². The minimum atomic E-state index is -2.04. The van der Waals surface area contributed by atoms with Gasteiger partial charge in [0.15, 0.2) is 11.5 Å². The SMILES string of the molecule is Oc1ccc(O)c(-c2c(O)c(F)c(F)c(F)c2O)c1. The molecule has 0 atom stereocenters. The molecular weight excluding hydrogens is 265 g/mol. The fraction of sp³-hybridized carbons (Fsp3) is 0. The number of aromatic hydroxyl groups is 4. The Hall–Kier alpha value is -2.57. The first-order valence-corrected chi connectivity index (χ1v) is 4.95. The van der Waals surface area contributed by atoms with Gasteiger partial charge in [-0.2, -0.15) is 8.78 Å². The Morgan fingerprint density at radius 1 is 0.737 bits per heavy atom. The zero-order valence-electron chi connectivity index (χ0n) is 9.15. The van der Waals surface area contributed by atoms with Gasteiger partial charge in [0.1, 0.15) is 11.5 Å². The van der Waals surface area contributed by atoms with Crippen LogP contribution < -0.4 is 0 Å². The molecule has 2 aromatic rings. The Morgan fingerprint density at radius 2 is 1.26 bits per heavy atom. The molecule has 0 amide bonds. The fourth-order valence-corrected chi connectivity index (χ4v) is 1.62. The van der Waals surface area contributed by atoms with Crippen LogP contribution in [0.2, 0.25) is 0 Å². The van der Waals surface area contributed by atoms with Crippen LogP contribution in [0.3, 0.4) is 0 Å². The number of benzene rings is 2. The van der Waals surface area contributed by atoms with E-state index in [0.29, 0.717) is 0 Å². The second-order valence-electron chi connectivity index (χ2n) is 3.72. The Kier molecular flexibility index (Phi) is 2.89. The van der Waals surface area contributed by atoms with Crippen molar-refractivity contribution in [2.75, 3.05) is 0 Å². The third-order valence-corrected chi connectivity index (χ3v) is 2.52. The molecular formula is C12H7F3O4. The highest BCUT2D eigenvalue weighted by atomic mass is 19.2. The van der Waals surface area contributed by atoms with Crippen LogP contribution in [-0.4, -0.2) is 20.4 Å². The van der Waals surface area contributed by atoms with Crippen LogP contribution in [-0.2, 0) is 0 Å². The molecule has 4 N–H and O–H groups in total. The topological polar surface area (TPSA) is 80.9 Å². The molecule has 7 heteroatoms. The molecule has 0 aromatic heterocycles. The second-order valence-corrected chi connectivity index (χ2v) is 3.72. The maximum Gasteiger partial charge on any atom is 0.204 e. The maximum atomic E-state index is 13.2. The Bertz CT molecular complexity index is 642. The van der Waals surface area contributed by atoms with E-state index in [1.165, 1.54) is 0 Å². The van der Waals surface area contributed by atoms with Gasteiger partial charge >= 0.3 is 0 Å². The lowest BCUT2D eigenvalue weighted by molar-refractivity contribution is 0.358. The van der Waals surface area contributed by atoms with Crippen molar-refractivity contribution in [3.8, 4) is 34.1 Å². The molecule has 19 heavy (non-hydrogen) atoms. The Balaban J connectivity index is 2.87. The van der Waals surface area contributed by atoms with Crippen molar-refractivity contribution in [1.29, 1.82) is 0 Å². The minimum absolute atomic E-state index is 0.392. The average molecular weight is 272 g/mol. The summed E-state index contributed by atoms with van der Waals surface area (Å²) in [7, 11) is 0. The largest absolute Gasteiger partial charge is 0.508 e. The van der Waals surface area contributed by atoms with Gasteiger partial charge in [0.05, 0.1) is 5.56 Å². The van der Waals surface area contributed by atoms with E-state index in [2.05, 4.69) is 0 Å². The quantitative estimate of drug-likeness (QED) is 0.475. The minimum Gasteiger partial charge on any atom is -0.508 e. The van der Waals surface area contributed by atoms with Gasteiger partial charge in [0.2, 0.25) is 17.5 Å². The fourth-order valence-electron chi connectivity index (χ4n) is 1.62. The van der Waals surface area contributed by atoms with Gasteiger partial charge in [-0.25, -0.2) is 4.39 Å². The number of phenols is 4. The number of phenolic OH excluding ortho intramolecular Hbond substituents is 4. The molecule has 0 bridgehead atoms. The maximum absolute atomic E-state index is 13.2. The summed E-state index contributed by atoms with van der Waals surface area (Å²) in [4.78, 5) is 0. The van der Waals surface area contributed by atoms with Crippen LogP contribution in [0.1, 0.15) is 0 Å². The molecule has 2 rings (SSSR count). The summed E-state index contributed by atoms with van der Waals surface area (Å²) >= 11 is 0. The molecule has 0 spiro atoms. The number of hydrogen-bond acceptors (Lipinski definition) is 4. The lowest BCUT2D eigenvalue weighted by Crippen LogP contribution is -1.95. The van der Waals surface area contributed by atoms with E-state index in [1.54, 1.807) is 0 Å². The van der Waals surface area contributed by atoms with Gasteiger partial charge in [0.25, 0.3) is 0 Å². The van der Waals surface area contributed by atoms with E-state index in [-0.39, 0.29) is 0 Å². The lowest BCUT2D eigenvalue weighted by atomic mass is 10.0. The van der Waals surface area contributed by atoms with E-state index in [4.69, 9.17) is 0 Å². The molecule has 0 saturated carbocycles. The summed E-state index contributed by atoms with van der Waals surface area (Å²) in [5.74, 6) is -9.58. The highest BCUT2D eigenvalue weighted by molar-refractivity contribution is 5.81. The third-order valence-electron chi connectivity index (χ3n) is 2.52. The first-order valence-electron chi connectivity index (χ1n) is 4.95. The van der Waals surface area contributed by atoms with Crippen LogP contribution in [0.4, 0.5) is 13.2 Å². The van der Waals surface area contributed by atoms with Gasteiger partial charge in [0, 0.05) is 5.56 Å². The van der Waals surface area contributed by atoms with E-state index in [0.717, 1.165) is 18.2 Å². The van der Waals surface area contributed by atoms with Crippen LogP contribution in [0.15, 0.2) is 18.2 Å². The smallest absolute Gasteiger partial charge is 0.204 e. The average Bonchev–Trinajstić information content (AvgIpc) is 2.38. The molecule has 0 heterocycles. The molecule has 0 saturated heterocycles. The first kappa shape index (κ1) is 12.9. The summed E-state index contributed by atoms with van der Waals surface area (Å²) in [6, 6.07) is 2.90. The van der Waals surface area contributed by atoms with Crippen molar-refractivity contribution in [3.63, 3.8) is 0 Å². The lowest BCUT2D eigenvalue weighted by Gasteiger charge is -2.12. The molecule has 2 aromatic carbocycles. The van der Waals surface area contributed by atoms with Gasteiger partial charge in [-0.15, -0.1) is 0 Å². The molecule has 0 unspecified atom stereocenters. The molecule has 0 fully saturated rings. The van der Waals surface area contributed by atoms with Crippen molar-refractivity contribution < 1.29 is 33.6 Å². The monoisotopic (exact) mass is 272 g/mol. The van der Waals surface area contributed by atoms with E-state index < -0.39 is 51.6 Å². The van der Waals surface area contributed by atoms with E-state index in [1.807, 2.05) is 0 Å². The van der Waals surface area contributed by atoms with Crippen molar-refractivity contribution in [2.45, 2.75) is 0 Å². The van der Waals surface area contributed by atoms with Crippen molar-refractivity contribution in [1.82, 2.24) is 0 Å². The molecule has 0 aliphatic heterocycles. The van der Waals surface area contributed by atoms with Crippen LogP contribution in [0, 0.1) is 17.5 Å². The highest BCUT2D eigenvalue weighted by Crippen LogP contribution is 2.46. The van der Waals surface area contributed by atoms with Gasteiger partial charge in [-0.05, 0) is 18.2 Å². The van der Waals surface area contributed by atoms with Gasteiger partial charge in [-0.1, -0.05) is 0 Å². The summed E-state index contributed by atoms with van der Waals surface area (Å²) in [5.41, 5.74) is -1.31. The zero-order valence-corrected chi connectivity index (χ0v) is 9.15. The molecule has 0 radical (unpaired) electrons. The molecule has 0 aliphatic rings. The van der Waals surface area contributed by atoms with Crippen LogP contribution in [0.25, 0.3) is 11.1 Å². The van der Waals surface area contributed by atoms with E-state index >= 15 is 0 Å². The van der Waals surface area contributed by atoms with Crippen molar-refractivity contribution >= 4 is 0 Å². The van der Waals surface area contributed by atoms with E-state index in [9.17, 15) is 33.6 Å². The zero-order chi connectivity index (χ0) is 14.3. The van der Waals surface area contributed by atoms with Crippen molar-refractivity contribution in [2.24, 2.45) is 0 Å². The third kappa shape index (κ3) is 1.88. The summed E-state index contributed by atoms with van der Waals surface area (Å²) in [6.07, 6.45) is 0. The number of rotatable bonds is 1. The molecule has 4 nitrogen and oxygen atoms in total. The van der Waals surface area contributed by atoms with Crippen LogP contribution >= 0.6 is 0 Å². The standard InChI is InChI=1S/C12H7F3O4/c13-8-9(14)11(18)7(12(19)10(8)15)5-3-4(16)1-2-6(5)17/h1-3,16-19H. The Morgan fingerprint density at radius 3 is 1.79 bits per heavy atom. The predicted octanol–water partition coefficient (Wildman–Crippen LogP) is 2.59. The second kappa shape index (κ2) is 4.27. The van der Waals surface area contributed by atoms with Crippen LogP contribution in [0.5, 0.6) is 23.0 Å². The summed E-state index contributed by atoms with van der Waals surface area (Å²) < 4.78 is 39.4. The van der Waals surface area contributed by atoms with Gasteiger partial charge in [-0.3, -0.25) is 0 Å². The van der Waals surface area contributed by atoms with Crippen molar-refractivity contribution in [3.05, 3.63) is 35.7 Å². The summed E-state index contributed by atoms with van der Waals surface area (Å²) in [6.45, 7) is 0. The van der Waals surface area contributed by atoms with Gasteiger partial charge < -0.3 is 20.4 Å². The normalized spacial score (nSPS) is 10.7. The molecule has 100 valence electrons. The number of halogens is 3. The molecule has 0 aliphatic carbocycles.